The van der Waals surface area contributed by atoms with Crippen LogP contribution in [0.25, 0.3) is 0 Å². The number of carbonyl (C=O) groups is 1. The molecule has 0 spiro atoms. The summed E-state index contributed by atoms with van der Waals surface area (Å²) in [4.78, 5) is 11.8. The minimum Gasteiger partial charge on any atom is -0.544 e. The molecule has 0 aromatic heterocycles. The standard InChI is InChI=1S/C13H17NO2/c1-10-2-4-11(5-3-10)8-14(9-13(15)16)12-6-7-12/h2-5,12H,6-9H2,1H3,(H,15,16). The first-order valence-corrected chi connectivity index (χ1v) is 5.75. The first-order chi connectivity index (χ1) is 7.65. The number of hydrogen-bond donors (Lipinski definition) is 1. The van der Waals surface area contributed by atoms with Gasteiger partial charge in [0.2, 0.25) is 0 Å². The topological polar surface area (TPSA) is 44.6 Å². The lowest BCUT2D eigenvalue weighted by Gasteiger charge is -2.19. The van der Waals surface area contributed by atoms with Crippen LogP contribution in [0.1, 0.15) is 24.0 Å². The van der Waals surface area contributed by atoms with Crippen molar-refractivity contribution in [3.8, 4) is 0 Å². The summed E-state index contributed by atoms with van der Waals surface area (Å²) in [5.41, 5.74) is 2.44. The molecule has 0 aliphatic heterocycles. The fourth-order valence-electron chi connectivity index (χ4n) is 2.00. The van der Waals surface area contributed by atoms with E-state index in [1.165, 1.54) is 11.1 Å². The third-order valence-electron chi connectivity index (χ3n) is 3.08. The summed E-state index contributed by atoms with van der Waals surface area (Å²) in [5, 5.41) is 10.7. The van der Waals surface area contributed by atoms with Crippen LogP contribution in [0.3, 0.4) is 0 Å². The molecule has 0 radical (unpaired) electrons. The summed E-state index contributed by atoms with van der Waals surface area (Å²) < 4.78 is 0. The number of aliphatic carboxylic acids is 1. The van der Waals surface area contributed by atoms with Crippen LogP contribution in [0.15, 0.2) is 24.3 Å². The van der Waals surface area contributed by atoms with Crippen LogP contribution >= 0.6 is 0 Å². The molecule has 0 heterocycles. The molecule has 0 bridgehead atoms. The minimum absolute atomic E-state index is 0.124. The first kappa shape index (κ1) is 11.1. The van der Waals surface area contributed by atoms with E-state index in [9.17, 15) is 9.90 Å². The monoisotopic (exact) mass is 219 g/mol. The smallest absolute Gasteiger partial charge is 0.118 e. The Balaban J connectivity index is 1.99. The number of quaternary nitrogens is 1. The highest BCUT2D eigenvalue weighted by atomic mass is 16.4. The summed E-state index contributed by atoms with van der Waals surface area (Å²) in [6.07, 6.45) is 2.29. The van der Waals surface area contributed by atoms with Crippen LogP contribution < -0.4 is 10.0 Å². The minimum atomic E-state index is -0.950. The number of nitrogens with one attached hydrogen (secondary N) is 1. The van der Waals surface area contributed by atoms with Gasteiger partial charge >= 0.3 is 0 Å². The molecule has 16 heavy (non-hydrogen) atoms. The predicted molar refractivity (Wildman–Crippen MR) is 58.7 cm³/mol. The average Bonchev–Trinajstić information content (AvgIpc) is 3.03. The first-order valence-electron chi connectivity index (χ1n) is 5.75. The van der Waals surface area contributed by atoms with Crippen molar-refractivity contribution in [3.63, 3.8) is 0 Å². The maximum Gasteiger partial charge on any atom is 0.118 e. The van der Waals surface area contributed by atoms with Crippen LogP contribution in [0, 0.1) is 6.92 Å². The van der Waals surface area contributed by atoms with Gasteiger partial charge in [-0.25, -0.2) is 0 Å². The molecule has 1 fully saturated rings. The Morgan fingerprint density at radius 1 is 1.38 bits per heavy atom. The van der Waals surface area contributed by atoms with Gasteiger partial charge < -0.3 is 14.8 Å². The van der Waals surface area contributed by atoms with Gasteiger partial charge in [0.15, 0.2) is 0 Å². The molecule has 1 aliphatic rings. The van der Waals surface area contributed by atoms with Gasteiger partial charge in [0, 0.05) is 18.4 Å². The van der Waals surface area contributed by atoms with Crippen molar-refractivity contribution >= 4 is 5.97 Å². The zero-order valence-electron chi connectivity index (χ0n) is 9.53. The number of carboxylic acid groups (broad SMARTS) is 1. The molecule has 1 aromatic carbocycles. The lowest BCUT2D eigenvalue weighted by atomic mass is 10.1. The summed E-state index contributed by atoms with van der Waals surface area (Å²) in [5.74, 6) is -0.950. The molecule has 1 atom stereocenters. The average molecular weight is 219 g/mol. The van der Waals surface area contributed by atoms with Crippen molar-refractivity contribution in [2.45, 2.75) is 32.4 Å². The van der Waals surface area contributed by atoms with Crippen LogP contribution in [-0.4, -0.2) is 18.6 Å². The van der Waals surface area contributed by atoms with Crippen LogP contribution in [0.5, 0.6) is 0 Å². The van der Waals surface area contributed by atoms with Crippen molar-refractivity contribution < 1.29 is 14.8 Å². The second kappa shape index (κ2) is 4.66. The Kier molecular flexibility index (Phi) is 3.25. The second-order valence-corrected chi connectivity index (χ2v) is 4.64. The number of rotatable bonds is 5. The zero-order chi connectivity index (χ0) is 11.5. The van der Waals surface area contributed by atoms with Crippen LogP contribution in [0.2, 0.25) is 0 Å². The summed E-state index contributed by atoms with van der Waals surface area (Å²) in [7, 11) is 0. The quantitative estimate of drug-likeness (QED) is 0.711. The van der Waals surface area contributed by atoms with E-state index in [1.807, 2.05) is 0 Å². The molecule has 0 saturated heterocycles. The van der Waals surface area contributed by atoms with Crippen LogP contribution in [0.4, 0.5) is 0 Å². The fraction of sp³-hybridized carbons (Fsp3) is 0.462. The second-order valence-electron chi connectivity index (χ2n) is 4.64. The Morgan fingerprint density at radius 3 is 2.50 bits per heavy atom. The van der Waals surface area contributed by atoms with E-state index >= 15 is 0 Å². The maximum atomic E-state index is 10.7. The van der Waals surface area contributed by atoms with Crippen molar-refractivity contribution in [2.75, 3.05) is 6.54 Å². The van der Waals surface area contributed by atoms with Gasteiger partial charge in [-0.15, -0.1) is 0 Å². The van der Waals surface area contributed by atoms with Gasteiger partial charge in [-0.1, -0.05) is 29.8 Å². The molecule has 2 rings (SSSR count). The van der Waals surface area contributed by atoms with Gasteiger partial charge in [-0.3, -0.25) is 0 Å². The van der Waals surface area contributed by atoms with Crippen molar-refractivity contribution in [2.24, 2.45) is 0 Å². The molecule has 1 unspecified atom stereocenters. The lowest BCUT2D eigenvalue weighted by molar-refractivity contribution is -0.919. The van der Waals surface area contributed by atoms with Crippen molar-refractivity contribution in [1.82, 2.24) is 0 Å². The SMILES string of the molecule is Cc1ccc(C[NH+](CC(=O)[O-])C2CC2)cc1. The third kappa shape index (κ3) is 3.07. The Hall–Kier alpha value is -1.35. The molecule has 3 nitrogen and oxygen atoms in total. The molecule has 3 heteroatoms. The van der Waals surface area contributed by atoms with E-state index in [0.29, 0.717) is 6.04 Å². The van der Waals surface area contributed by atoms with E-state index in [2.05, 4.69) is 31.2 Å². The van der Waals surface area contributed by atoms with E-state index in [0.717, 1.165) is 24.3 Å². The third-order valence-corrected chi connectivity index (χ3v) is 3.08. The molecule has 1 saturated carbocycles. The highest BCUT2D eigenvalue weighted by molar-refractivity contribution is 5.65. The maximum absolute atomic E-state index is 10.7. The van der Waals surface area contributed by atoms with Gasteiger partial charge in [0.25, 0.3) is 0 Å². The van der Waals surface area contributed by atoms with Gasteiger partial charge in [-0.2, -0.15) is 0 Å². The Morgan fingerprint density at radius 2 is 2.00 bits per heavy atom. The number of carbonyl (C=O) groups excluding carboxylic acids is 1. The molecule has 1 aliphatic carbocycles. The lowest BCUT2D eigenvalue weighted by Crippen LogP contribution is -3.13. The molecular formula is C13H17NO2. The largest absolute Gasteiger partial charge is 0.544 e. The van der Waals surface area contributed by atoms with E-state index < -0.39 is 5.97 Å². The van der Waals surface area contributed by atoms with Gasteiger partial charge in [-0.05, 0) is 6.92 Å². The van der Waals surface area contributed by atoms with Gasteiger partial charge in [0.05, 0.1) is 12.0 Å². The summed E-state index contributed by atoms with van der Waals surface area (Å²) in [6, 6.07) is 8.82. The Bertz CT molecular complexity index is 368. The normalized spacial score (nSPS) is 17.1. The number of carboxylic acids is 1. The van der Waals surface area contributed by atoms with E-state index in [4.69, 9.17) is 0 Å². The van der Waals surface area contributed by atoms with Crippen molar-refractivity contribution in [3.05, 3.63) is 35.4 Å². The van der Waals surface area contributed by atoms with Crippen LogP contribution in [-0.2, 0) is 11.3 Å². The van der Waals surface area contributed by atoms with Crippen molar-refractivity contribution in [1.29, 1.82) is 0 Å². The van der Waals surface area contributed by atoms with Gasteiger partial charge in [0.1, 0.15) is 13.1 Å². The molecular weight excluding hydrogens is 202 g/mol. The van der Waals surface area contributed by atoms with E-state index in [1.54, 1.807) is 0 Å². The molecule has 0 amide bonds. The van der Waals surface area contributed by atoms with E-state index in [-0.39, 0.29) is 6.54 Å². The Labute approximate surface area is 95.7 Å². The summed E-state index contributed by atoms with van der Waals surface area (Å²) in [6.45, 7) is 2.97. The highest BCUT2D eigenvalue weighted by Gasteiger charge is 2.33. The number of benzene rings is 1. The zero-order valence-corrected chi connectivity index (χ0v) is 9.53. The molecule has 1 aromatic rings. The summed E-state index contributed by atoms with van der Waals surface area (Å²) >= 11 is 0. The molecule has 1 N–H and O–H groups in total. The predicted octanol–water partition coefficient (Wildman–Crippen LogP) is -0.708. The fourth-order valence-corrected chi connectivity index (χ4v) is 2.00. The number of aryl methyl sites for hydroxylation is 1. The molecule has 86 valence electrons. The highest BCUT2D eigenvalue weighted by Crippen LogP contribution is 2.15. The number of hydrogen-bond acceptors (Lipinski definition) is 2.